The highest BCUT2D eigenvalue weighted by Gasteiger charge is 2.23. The smallest absolute Gasteiger partial charge is 0.238 e. The highest BCUT2D eigenvalue weighted by atomic mass is 32.2. The lowest BCUT2D eigenvalue weighted by atomic mass is 10.2. The third-order valence-corrected chi connectivity index (χ3v) is 6.10. The number of carbonyl (C=O) groups excluding carboxylic acids is 1. The summed E-state index contributed by atoms with van der Waals surface area (Å²) in [4.78, 5) is 14.4. The van der Waals surface area contributed by atoms with E-state index in [2.05, 4.69) is 16.3 Å². The molecule has 9 heteroatoms. The lowest BCUT2D eigenvalue weighted by Crippen LogP contribution is -2.32. The first-order valence-corrected chi connectivity index (χ1v) is 11.3. The van der Waals surface area contributed by atoms with E-state index < -0.39 is 0 Å². The van der Waals surface area contributed by atoms with Crippen LogP contribution >= 0.6 is 11.8 Å². The molecule has 1 atom stereocenters. The molecule has 1 aliphatic heterocycles. The molecule has 0 aliphatic carbocycles. The second-order valence-electron chi connectivity index (χ2n) is 7.32. The molecule has 0 N–H and O–H groups in total. The zero-order chi connectivity index (χ0) is 22.3. The van der Waals surface area contributed by atoms with Crippen LogP contribution in [-0.4, -0.2) is 45.7 Å². The summed E-state index contributed by atoms with van der Waals surface area (Å²) in [6.45, 7) is 1.24. The molecular formula is C23H22FN5O2S. The van der Waals surface area contributed by atoms with Crippen molar-refractivity contribution in [3.63, 3.8) is 0 Å². The summed E-state index contributed by atoms with van der Waals surface area (Å²) in [5, 5.41) is 18.4. The van der Waals surface area contributed by atoms with Crippen molar-refractivity contribution in [3.8, 4) is 17.5 Å². The van der Waals surface area contributed by atoms with Crippen LogP contribution in [0.2, 0.25) is 0 Å². The van der Waals surface area contributed by atoms with Crippen LogP contribution in [0.1, 0.15) is 12.8 Å². The van der Waals surface area contributed by atoms with E-state index >= 15 is 0 Å². The van der Waals surface area contributed by atoms with Gasteiger partial charge in [-0.1, -0.05) is 30.0 Å². The van der Waals surface area contributed by atoms with Crippen molar-refractivity contribution in [2.45, 2.75) is 30.6 Å². The Balaban J connectivity index is 1.55. The van der Waals surface area contributed by atoms with Crippen LogP contribution < -0.4 is 4.90 Å². The summed E-state index contributed by atoms with van der Waals surface area (Å²) in [7, 11) is 0. The highest BCUT2D eigenvalue weighted by Crippen LogP contribution is 2.27. The molecule has 1 saturated heterocycles. The summed E-state index contributed by atoms with van der Waals surface area (Å²) in [5.41, 5.74) is 1.41. The van der Waals surface area contributed by atoms with E-state index in [1.807, 2.05) is 22.8 Å². The van der Waals surface area contributed by atoms with Crippen molar-refractivity contribution >= 4 is 23.4 Å². The Morgan fingerprint density at radius 3 is 2.69 bits per heavy atom. The van der Waals surface area contributed by atoms with E-state index in [0.29, 0.717) is 23.2 Å². The maximum Gasteiger partial charge on any atom is 0.238 e. The second kappa shape index (κ2) is 10.4. The fourth-order valence-electron chi connectivity index (χ4n) is 3.57. The molecule has 1 aliphatic rings. The molecule has 1 amide bonds. The van der Waals surface area contributed by atoms with Gasteiger partial charge in [-0.25, -0.2) is 4.39 Å². The minimum Gasteiger partial charge on any atom is -0.376 e. The van der Waals surface area contributed by atoms with Crippen molar-refractivity contribution in [3.05, 3.63) is 60.4 Å². The van der Waals surface area contributed by atoms with Gasteiger partial charge in [0, 0.05) is 17.9 Å². The summed E-state index contributed by atoms with van der Waals surface area (Å²) in [6, 6.07) is 17.3. The van der Waals surface area contributed by atoms with Gasteiger partial charge in [-0.15, -0.1) is 10.2 Å². The fraction of sp³-hybridized carbons (Fsp3) is 0.304. The molecule has 0 radical (unpaired) electrons. The number of halogens is 1. The molecule has 0 bridgehead atoms. The van der Waals surface area contributed by atoms with Crippen LogP contribution in [0.5, 0.6) is 0 Å². The number of nitriles is 1. The number of ether oxygens (including phenoxy) is 1. The third-order valence-electron chi connectivity index (χ3n) is 5.15. The Morgan fingerprint density at radius 2 is 2.00 bits per heavy atom. The van der Waals surface area contributed by atoms with Crippen molar-refractivity contribution < 1.29 is 13.9 Å². The number of anilines is 1. The number of thioether (sulfide) groups is 1. The lowest BCUT2D eigenvalue weighted by Gasteiger charge is -2.19. The van der Waals surface area contributed by atoms with E-state index in [9.17, 15) is 9.18 Å². The second-order valence-corrected chi connectivity index (χ2v) is 8.26. The van der Waals surface area contributed by atoms with Gasteiger partial charge < -0.3 is 4.74 Å². The fourth-order valence-corrected chi connectivity index (χ4v) is 4.39. The molecule has 164 valence electrons. The van der Waals surface area contributed by atoms with E-state index in [1.54, 1.807) is 24.3 Å². The van der Waals surface area contributed by atoms with Crippen molar-refractivity contribution in [2.75, 3.05) is 23.8 Å². The Morgan fingerprint density at radius 1 is 1.22 bits per heavy atom. The number of benzene rings is 2. The molecular weight excluding hydrogens is 429 g/mol. The molecule has 0 spiro atoms. The van der Waals surface area contributed by atoms with E-state index in [1.165, 1.54) is 28.8 Å². The molecule has 1 fully saturated rings. The van der Waals surface area contributed by atoms with Crippen molar-refractivity contribution in [1.29, 1.82) is 5.26 Å². The van der Waals surface area contributed by atoms with Gasteiger partial charge in [0.2, 0.25) is 5.91 Å². The van der Waals surface area contributed by atoms with Crippen LogP contribution in [0.4, 0.5) is 10.1 Å². The standard InChI is InChI=1S/C23H22FN5O2S/c24-18-10-8-17(9-11-18)22-26-27-23(29(22)15-20-7-4-14-31-20)32-16-21(30)28(13-12-25)19-5-2-1-3-6-19/h1-3,5-6,8-11,20H,4,7,13-16H2. The van der Waals surface area contributed by atoms with Crippen molar-refractivity contribution in [1.82, 2.24) is 14.8 Å². The molecule has 2 heterocycles. The third kappa shape index (κ3) is 5.15. The van der Waals surface area contributed by atoms with Crippen LogP contribution in [0, 0.1) is 17.1 Å². The predicted molar refractivity (Wildman–Crippen MR) is 120 cm³/mol. The summed E-state index contributed by atoms with van der Waals surface area (Å²) >= 11 is 1.27. The predicted octanol–water partition coefficient (Wildman–Crippen LogP) is 3.91. The van der Waals surface area contributed by atoms with Crippen LogP contribution in [-0.2, 0) is 16.1 Å². The Kier molecular flexibility index (Phi) is 7.14. The lowest BCUT2D eigenvalue weighted by molar-refractivity contribution is -0.116. The Labute approximate surface area is 189 Å². The first-order valence-electron chi connectivity index (χ1n) is 10.3. The number of nitrogens with zero attached hydrogens (tertiary/aromatic N) is 5. The largest absolute Gasteiger partial charge is 0.376 e. The van der Waals surface area contributed by atoms with Gasteiger partial charge in [-0.3, -0.25) is 14.3 Å². The number of hydrogen-bond acceptors (Lipinski definition) is 6. The highest BCUT2D eigenvalue weighted by molar-refractivity contribution is 7.99. The van der Waals surface area contributed by atoms with Crippen molar-refractivity contribution in [2.24, 2.45) is 0 Å². The minimum atomic E-state index is -0.322. The van der Waals surface area contributed by atoms with Gasteiger partial charge in [-0.05, 0) is 49.2 Å². The average Bonchev–Trinajstić information content (AvgIpc) is 3.47. The molecule has 1 unspecified atom stereocenters. The number of rotatable bonds is 8. The first-order chi connectivity index (χ1) is 15.7. The quantitative estimate of drug-likeness (QED) is 0.381. The van der Waals surface area contributed by atoms with Gasteiger partial charge in [0.15, 0.2) is 11.0 Å². The Bertz CT molecular complexity index is 1090. The number of para-hydroxylation sites is 1. The monoisotopic (exact) mass is 451 g/mol. The number of amides is 1. The van der Waals surface area contributed by atoms with Crippen LogP contribution in [0.15, 0.2) is 59.8 Å². The van der Waals surface area contributed by atoms with Gasteiger partial charge >= 0.3 is 0 Å². The van der Waals surface area contributed by atoms with E-state index in [-0.39, 0.29) is 30.1 Å². The van der Waals surface area contributed by atoms with Gasteiger partial charge in [0.05, 0.1) is 24.5 Å². The van der Waals surface area contributed by atoms with Gasteiger partial charge in [-0.2, -0.15) is 5.26 Å². The minimum absolute atomic E-state index is 0.0349. The normalized spacial score (nSPS) is 15.4. The molecule has 4 rings (SSSR count). The summed E-state index contributed by atoms with van der Waals surface area (Å²) in [6.07, 6.45) is 1.98. The molecule has 3 aromatic rings. The molecule has 7 nitrogen and oxygen atoms in total. The molecule has 0 saturated carbocycles. The zero-order valence-corrected chi connectivity index (χ0v) is 18.2. The molecule has 32 heavy (non-hydrogen) atoms. The average molecular weight is 452 g/mol. The maximum absolute atomic E-state index is 13.4. The van der Waals surface area contributed by atoms with Gasteiger partial charge in [0.1, 0.15) is 12.4 Å². The SMILES string of the molecule is N#CCN(C(=O)CSc1nnc(-c2ccc(F)cc2)n1CC1CCCO1)c1ccccc1. The van der Waals surface area contributed by atoms with Gasteiger partial charge in [0.25, 0.3) is 0 Å². The zero-order valence-electron chi connectivity index (χ0n) is 17.4. The first kappa shape index (κ1) is 22.0. The summed E-state index contributed by atoms with van der Waals surface area (Å²) in [5.74, 6) is 0.187. The van der Waals surface area contributed by atoms with E-state index in [0.717, 1.165) is 25.0 Å². The Hall–Kier alpha value is -3.22. The maximum atomic E-state index is 13.4. The van der Waals surface area contributed by atoms with Crippen LogP contribution in [0.25, 0.3) is 11.4 Å². The van der Waals surface area contributed by atoms with Crippen LogP contribution in [0.3, 0.4) is 0 Å². The number of carbonyl (C=O) groups is 1. The molecule has 2 aromatic carbocycles. The van der Waals surface area contributed by atoms with E-state index in [4.69, 9.17) is 10.00 Å². The molecule has 1 aromatic heterocycles. The summed E-state index contributed by atoms with van der Waals surface area (Å²) < 4.78 is 21.1. The number of aromatic nitrogens is 3. The topological polar surface area (TPSA) is 84.0 Å². The number of hydrogen-bond donors (Lipinski definition) is 0.